The van der Waals surface area contributed by atoms with Crippen molar-refractivity contribution in [1.29, 1.82) is 5.26 Å². The second kappa shape index (κ2) is 9.11. The molecule has 6 nitrogen and oxygen atoms in total. The third-order valence-corrected chi connectivity index (χ3v) is 5.41. The fourth-order valence-corrected chi connectivity index (χ4v) is 3.82. The van der Waals surface area contributed by atoms with Crippen LogP contribution in [0.1, 0.15) is 22.1 Å². The van der Waals surface area contributed by atoms with Crippen LogP contribution in [0, 0.1) is 23.0 Å². The highest BCUT2D eigenvalue weighted by molar-refractivity contribution is 7.10. The lowest BCUT2D eigenvalue weighted by Crippen LogP contribution is -2.40. The van der Waals surface area contributed by atoms with E-state index in [1.54, 1.807) is 24.3 Å². The van der Waals surface area contributed by atoms with E-state index in [4.69, 9.17) is 16.9 Å². The molecule has 11 heteroatoms. The topological polar surface area (TPSA) is 104 Å². The molecule has 1 atom stereocenters. The van der Waals surface area contributed by atoms with Crippen molar-refractivity contribution in [2.24, 2.45) is 16.8 Å². The summed E-state index contributed by atoms with van der Waals surface area (Å²) < 4.78 is 58.8. The lowest BCUT2D eigenvalue weighted by molar-refractivity contribution is -0.0403. The van der Waals surface area contributed by atoms with E-state index in [9.17, 15) is 8.78 Å². The number of rotatable bonds is 7. The van der Waals surface area contributed by atoms with Gasteiger partial charge in [-0.05, 0) is 23.8 Å². The molecular weight excluding hydrogens is 432 g/mol. The Hall–Kier alpha value is -3.49. The van der Waals surface area contributed by atoms with E-state index in [1.807, 2.05) is 6.07 Å². The number of nitrogens with two attached hydrogens (primary N) is 2. The molecule has 3 aromatic rings. The number of hydrazone groups is 1. The quantitative estimate of drug-likeness (QED) is 0.187. The van der Waals surface area contributed by atoms with Gasteiger partial charge < -0.3 is 5.84 Å². The maximum Gasteiger partial charge on any atom is 0.307 e. The number of thiazole rings is 1. The van der Waals surface area contributed by atoms with Gasteiger partial charge in [0.1, 0.15) is 18.0 Å². The normalized spacial score (nSPS) is 12.6. The van der Waals surface area contributed by atoms with Gasteiger partial charge in [-0.15, -0.1) is 11.3 Å². The highest BCUT2D eigenvalue weighted by atomic mass is 32.1. The Balaban J connectivity index is 2.01. The van der Waals surface area contributed by atoms with E-state index in [1.165, 1.54) is 5.38 Å². The summed E-state index contributed by atoms with van der Waals surface area (Å²) >= 11 is 0.693. The van der Waals surface area contributed by atoms with Crippen molar-refractivity contribution in [1.82, 2.24) is 9.99 Å². The van der Waals surface area contributed by atoms with Crippen molar-refractivity contribution in [2.75, 3.05) is 6.54 Å². The molecule has 0 radical (unpaired) electrons. The van der Waals surface area contributed by atoms with E-state index in [-0.39, 0.29) is 5.69 Å². The zero-order chi connectivity index (χ0) is 22.6. The minimum Gasteiger partial charge on any atom is -0.322 e. The number of hydrogen-bond acceptors (Lipinski definition) is 6. The van der Waals surface area contributed by atoms with Gasteiger partial charge in [0.25, 0.3) is 0 Å². The molecule has 160 valence electrons. The molecule has 2 aromatic carbocycles. The Labute approximate surface area is 179 Å². The largest absolute Gasteiger partial charge is 0.322 e. The van der Waals surface area contributed by atoms with Crippen LogP contribution in [0.2, 0.25) is 0 Å². The molecule has 1 aromatic heterocycles. The first-order valence-electron chi connectivity index (χ1n) is 8.80. The molecule has 3 rings (SSSR count). The van der Waals surface area contributed by atoms with Crippen molar-refractivity contribution in [2.45, 2.75) is 11.8 Å². The van der Waals surface area contributed by atoms with Crippen molar-refractivity contribution in [3.05, 3.63) is 75.6 Å². The molecule has 0 aliphatic rings. The Morgan fingerprint density at radius 1 is 1.23 bits per heavy atom. The minimum atomic E-state index is -3.66. The molecule has 0 spiro atoms. The van der Waals surface area contributed by atoms with Gasteiger partial charge in [-0.1, -0.05) is 18.2 Å². The van der Waals surface area contributed by atoms with Crippen LogP contribution in [0.25, 0.3) is 11.3 Å². The van der Waals surface area contributed by atoms with E-state index in [2.05, 4.69) is 10.1 Å². The Bertz CT molecular complexity index is 1120. The second-order valence-electron chi connectivity index (χ2n) is 6.53. The minimum absolute atomic E-state index is 0.274. The van der Waals surface area contributed by atoms with E-state index in [0.29, 0.717) is 28.5 Å². The van der Waals surface area contributed by atoms with Crippen molar-refractivity contribution >= 4 is 17.7 Å². The van der Waals surface area contributed by atoms with Crippen molar-refractivity contribution in [3.8, 4) is 17.3 Å². The monoisotopic (exact) mass is 448 g/mol. The average Bonchev–Trinajstić information content (AvgIpc) is 3.24. The molecule has 0 amide bonds. The summed E-state index contributed by atoms with van der Waals surface area (Å²) in [6, 6.07) is 10.6. The number of benzene rings is 2. The third kappa shape index (κ3) is 4.82. The number of alkyl halides is 2. The lowest BCUT2D eigenvalue weighted by atomic mass is 9.91. The molecular formula is C20H16F4N6S. The summed E-state index contributed by atoms with van der Waals surface area (Å²) in [4.78, 5) is 4.03. The number of hydrogen-bond donors (Lipinski definition) is 2. The predicted octanol–water partition coefficient (Wildman–Crippen LogP) is 3.91. The van der Waals surface area contributed by atoms with Crippen LogP contribution in [-0.2, 0) is 5.92 Å². The molecule has 0 bridgehead atoms. The molecule has 4 N–H and O–H groups in total. The van der Waals surface area contributed by atoms with Crippen LogP contribution in [-0.4, -0.2) is 22.9 Å². The van der Waals surface area contributed by atoms with Gasteiger partial charge in [0.05, 0.1) is 23.2 Å². The first kappa shape index (κ1) is 22.2. The first-order valence-corrected chi connectivity index (χ1v) is 9.68. The fourth-order valence-electron chi connectivity index (χ4n) is 2.96. The molecule has 0 aliphatic carbocycles. The van der Waals surface area contributed by atoms with Crippen LogP contribution in [0.15, 0.2) is 52.9 Å². The van der Waals surface area contributed by atoms with Gasteiger partial charge in [-0.25, -0.2) is 19.6 Å². The fraction of sp³-hybridized carbons (Fsp3) is 0.150. The van der Waals surface area contributed by atoms with Gasteiger partial charge >= 0.3 is 5.92 Å². The second-order valence-corrected chi connectivity index (χ2v) is 7.39. The molecule has 0 saturated heterocycles. The van der Waals surface area contributed by atoms with E-state index >= 15 is 8.78 Å². The number of nitrogens with zero attached hydrogens (tertiary/aromatic N) is 4. The average molecular weight is 448 g/mol. The molecule has 0 aliphatic heterocycles. The van der Waals surface area contributed by atoms with Crippen LogP contribution in [0.4, 0.5) is 17.6 Å². The van der Waals surface area contributed by atoms with Gasteiger partial charge in [0.2, 0.25) is 0 Å². The molecule has 31 heavy (non-hydrogen) atoms. The number of nitriles is 1. The highest BCUT2D eigenvalue weighted by Gasteiger charge is 2.46. The Morgan fingerprint density at radius 3 is 2.55 bits per heavy atom. The Morgan fingerprint density at radius 2 is 1.94 bits per heavy atom. The summed E-state index contributed by atoms with van der Waals surface area (Å²) in [6.45, 7) is -0.567. The highest BCUT2D eigenvalue weighted by Crippen LogP contribution is 2.45. The Kier molecular flexibility index (Phi) is 6.53. The molecule has 0 saturated carbocycles. The van der Waals surface area contributed by atoms with Gasteiger partial charge in [0, 0.05) is 23.6 Å². The zero-order valence-electron chi connectivity index (χ0n) is 15.8. The van der Waals surface area contributed by atoms with Crippen LogP contribution < -0.4 is 11.7 Å². The molecule has 1 heterocycles. The van der Waals surface area contributed by atoms with E-state index in [0.717, 1.165) is 23.5 Å². The standard InChI is InChI=1S/C20H16F4N6S/c21-14-5-6-15(17(22)7-14)16(9-30(27)11-28-26)20(23,24)19-29-18(10-31-19)13-3-1-12(8-25)2-4-13/h1-7,10-11,16H,9,26-27H2/b28-11-. The summed E-state index contributed by atoms with van der Waals surface area (Å²) in [5, 5.41) is 13.7. The number of aromatic nitrogens is 1. The number of halogens is 4. The maximum absolute atomic E-state index is 15.5. The van der Waals surface area contributed by atoms with Gasteiger partial charge in [-0.3, -0.25) is 5.01 Å². The van der Waals surface area contributed by atoms with Gasteiger partial charge in [-0.2, -0.15) is 19.1 Å². The van der Waals surface area contributed by atoms with Crippen LogP contribution >= 0.6 is 11.3 Å². The third-order valence-electron chi connectivity index (χ3n) is 4.48. The van der Waals surface area contributed by atoms with Gasteiger partial charge in [0.15, 0.2) is 5.01 Å². The number of hydrazine groups is 1. The van der Waals surface area contributed by atoms with Crippen LogP contribution in [0.3, 0.4) is 0 Å². The van der Waals surface area contributed by atoms with Crippen molar-refractivity contribution < 1.29 is 17.6 Å². The summed E-state index contributed by atoms with van der Waals surface area (Å²) in [5.41, 5.74) is 0.802. The van der Waals surface area contributed by atoms with Crippen LogP contribution in [0.5, 0.6) is 0 Å². The summed E-state index contributed by atoms with van der Waals surface area (Å²) in [5.74, 6) is 3.14. The maximum atomic E-state index is 15.5. The zero-order valence-corrected chi connectivity index (χ0v) is 16.7. The predicted molar refractivity (Wildman–Crippen MR) is 109 cm³/mol. The first-order chi connectivity index (χ1) is 14.8. The SMILES string of the molecule is N#Cc1ccc(-c2csc(C(F)(F)C(CN(N)/C=N\N)c3ccc(F)cc3F)n2)cc1. The molecule has 0 fully saturated rings. The van der Waals surface area contributed by atoms with E-state index < -0.39 is 40.6 Å². The molecule has 1 unspecified atom stereocenters. The lowest BCUT2D eigenvalue weighted by Gasteiger charge is -2.28. The summed E-state index contributed by atoms with van der Waals surface area (Å²) in [7, 11) is 0. The smallest absolute Gasteiger partial charge is 0.307 e. The summed E-state index contributed by atoms with van der Waals surface area (Å²) in [6.07, 6.45) is 0.911. The van der Waals surface area contributed by atoms with Crippen molar-refractivity contribution in [3.63, 3.8) is 0 Å².